The summed E-state index contributed by atoms with van der Waals surface area (Å²) < 4.78 is 6.19. The summed E-state index contributed by atoms with van der Waals surface area (Å²) in [6.07, 6.45) is 9.44. The number of nitrogens with zero attached hydrogens (tertiary/aromatic N) is 2. The van der Waals surface area contributed by atoms with Crippen LogP contribution in [0.4, 0.5) is 4.79 Å². The largest absolute Gasteiger partial charge is 1.00 e. The van der Waals surface area contributed by atoms with E-state index in [-0.39, 0.29) is 30.1 Å². The highest BCUT2D eigenvalue weighted by Crippen LogP contribution is 2.14. The molecule has 5 heteroatoms. The van der Waals surface area contributed by atoms with Gasteiger partial charge in [0.05, 0.1) is 46.4 Å². The average Bonchev–Trinajstić information content (AvgIpc) is 2.47. The Morgan fingerprint density at radius 2 is 1.55 bits per heavy atom. The number of amides is 1. The third kappa shape index (κ3) is 8.56. The molecule has 0 bridgehead atoms. The van der Waals surface area contributed by atoms with Gasteiger partial charge in [0, 0.05) is 0 Å². The fraction of sp³-hybridized carbons (Fsp3) is 0.941. The molecule has 0 aromatic rings. The predicted octanol–water partition coefficient (Wildman–Crippen LogP) is 0.660. The summed E-state index contributed by atoms with van der Waals surface area (Å²) in [7, 11) is 2.33. The number of carbonyl (C=O) groups is 1. The van der Waals surface area contributed by atoms with Crippen molar-refractivity contribution in [3.05, 3.63) is 0 Å². The minimum absolute atomic E-state index is 0. The molecule has 22 heavy (non-hydrogen) atoms. The maximum absolute atomic E-state index is 11.7. The number of ether oxygens (including phenoxy) is 1. The Morgan fingerprint density at radius 3 is 2.09 bits per heavy atom. The molecule has 1 amide bonds. The van der Waals surface area contributed by atoms with E-state index in [2.05, 4.69) is 14.0 Å². The Hall–Kier alpha value is -0.0400. The number of hydrogen-bond acceptors (Lipinski definition) is 2. The minimum atomic E-state index is -0.139. The van der Waals surface area contributed by atoms with Crippen molar-refractivity contribution >= 4 is 6.09 Å². The van der Waals surface area contributed by atoms with Gasteiger partial charge >= 0.3 is 6.09 Å². The molecule has 4 nitrogen and oxygen atoms in total. The fourth-order valence-electron chi connectivity index (χ4n) is 3.02. The van der Waals surface area contributed by atoms with E-state index in [9.17, 15) is 4.79 Å². The molecule has 0 aromatic heterocycles. The van der Waals surface area contributed by atoms with E-state index >= 15 is 0 Å². The van der Waals surface area contributed by atoms with E-state index in [1.54, 1.807) is 0 Å². The second kappa shape index (κ2) is 12.4. The summed E-state index contributed by atoms with van der Waals surface area (Å²) in [4.78, 5) is 13.5. The topological polar surface area (TPSA) is 29.5 Å². The predicted molar refractivity (Wildman–Crippen MR) is 87.4 cm³/mol. The summed E-state index contributed by atoms with van der Waals surface area (Å²) >= 11 is 0. The standard InChI is InChI=1S/C17H35N2O2.HI/c1-4-6-7-8-9-10-11-14-19(3)15-12-18(13-16-19)17(20)21-5-2;/h4-16H2,1-3H3;1H/q+1;/p-1. The second-order valence-electron chi connectivity index (χ2n) is 6.60. The van der Waals surface area contributed by atoms with Crippen LogP contribution in [0.25, 0.3) is 0 Å². The third-order valence-electron chi connectivity index (χ3n) is 4.65. The minimum Gasteiger partial charge on any atom is -1.00 e. The van der Waals surface area contributed by atoms with Gasteiger partial charge in [0.15, 0.2) is 0 Å². The van der Waals surface area contributed by atoms with E-state index in [0.717, 1.165) is 30.7 Å². The first-order valence-corrected chi connectivity index (χ1v) is 8.86. The summed E-state index contributed by atoms with van der Waals surface area (Å²) in [5.41, 5.74) is 0. The van der Waals surface area contributed by atoms with Gasteiger partial charge in [0.2, 0.25) is 0 Å². The van der Waals surface area contributed by atoms with Gasteiger partial charge in [-0.25, -0.2) is 4.79 Å². The van der Waals surface area contributed by atoms with Crippen molar-refractivity contribution in [2.24, 2.45) is 0 Å². The van der Waals surface area contributed by atoms with Gasteiger partial charge in [-0.15, -0.1) is 0 Å². The Morgan fingerprint density at radius 1 is 1.00 bits per heavy atom. The number of carbonyl (C=O) groups excluding carboxylic acids is 1. The summed E-state index contributed by atoms with van der Waals surface area (Å²) in [6.45, 7) is 9.66. The molecular formula is C17H35IN2O2. The van der Waals surface area contributed by atoms with Gasteiger partial charge in [0.1, 0.15) is 0 Å². The molecule has 0 spiro atoms. The van der Waals surface area contributed by atoms with Crippen LogP contribution >= 0.6 is 0 Å². The number of rotatable bonds is 9. The van der Waals surface area contributed by atoms with Crippen molar-refractivity contribution in [1.82, 2.24) is 4.90 Å². The van der Waals surface area contributed by atoms with E-state index in [0.29, 0.717) is 6.61 Å². The first kappa shape index (κ1) is 22.0. The van der Waals surface area contributed by atoms with E-state index < -0.39 is 0 Å². The number of quaternary nitrogens is 1. The Balaban J connectivity index is 0.00000441. The molecular weight excluding hydrogens is 391 g/mol. The number of hydrogen-bond donors (Lipinski definition) is 0. The molecule has 0 unspecified atom stereocenters. The van der Waals surface area contributed by atoms with E-state index in [4.69, 9.17) is 4.74 Å². The lowest BCUT2D eigenvalue weighted by atomic mass is 10.1. The molecule has 1 aliphatic heterocycles. The van der Waals surface area contributed by atoms with Crippen LogP contribution in [0.5, 0.6) is 0 Å². The zero-order chi connectivity index (χ0) is 15.6. The lowest BCUT2D eigenvalue weighted by Gasteiger charge is -2.41. The van der Waals surface area contributed by atoms with Crippen LogP contribution < -0.4 is 24.0 Å². The highest BCUT2D eigenvalue weighted by Gasteiger charge is 2.30. The quantitative estimate of drug-likeness (QED) is 0.308. The van der Waals surface area contributed by atoms with Gasteiger partial charge in [0.25, 0.3) is 0 Å². The smallest absolute Gasteiger partial charge is 0.410 e. The van der Waals surface area contributed by atoms with E-state index in [1.807, 2.05) is 11.8 Å². The molecule has 0 aliphatic carbocycles. The molecule has 0 aromatic carbocycles. The van der Waals surface area contributed by atoms with Crippen LogP contribution in [0.1, 0.15) is 58.8 Å². The Kier molecular flexibility index (Phi) is 12.4. The number of likely N-dealkylation sites (N-methyl/N-ethyl adjacent to an activating group) is 1. The summed E-state index contributed by atoms with van der Waals surface area (Å²) in [5.74, 6) is 0. The third-order valence-corrected chi connectivity index (χ3v) is 4.65. The SMILES string of the molecule is CCCCCCCCC[N+]1(C)CCN(C(=O)OCC)CC1.[I-]. The molecule has 0 atom stereocenters. The summed E-state index contributed by atoms with van der Waals surface area (Å²) in [6, 6.07) is 0. The average molecular weight is 426 g/mol. The molecule has 0 N–H and O–H groups in total. The van der Waals surface area contributed by atoms with Gasteiger partial charge in [-0.05, 0) is 19.8 Å². The lowest BCUT2D eigenvalue weighted by Crippen LogP contribution is -3.00. The molecule has 1 aliphatic rings. The van der Waals surface area contributed by atoms with Gasteiger partial charge in [-0.1, -0.05) is 39.0 Å². The Bertz CT molecular complexity index is 292. The van der Waals surface area contributed by atoms with Crippen LogP contribution in [0.15, 0.2) is 0 Å². The molecule has 1 fully saturated rings. The van der Waals surface area contributed by atoms with Crippen molar-refractivity contribution in [1.29, 1.82) is 0 Å². The lowest BCUT2D eigenvalue weighted by molar-refractivity contribution is -0.913. The molecule has 132 valence electrons. The van der Waals surface area contributed by atoms with Gasteiger partial charge in [-0.3, -0.25) is 4.90 Å². The number of halogens is 1. The first-order valence-electron chi connectivity index (χ1n) is 8.86. The molecule has 1 rings (SSSR count). The number of piperazine rings is 1. The monoisotopic (exact) mass is 426 g/mol. The maximum Gasteiger partial charge on any atom is 0.410 e. The van der Waals surface area contributed by atoms with Crippen molar-refractivity contribution in [2.45, 2.75) is 58.8 Å². The molecule has 0 radical (unpaired) electrons. The fourth-order valence-corrected chi connectivity index (χ4v) is 3.02. The van der Waals surface area contributed by atoms with Crippen molar-refractivity contribution in [3.63, 3.8) is 0 Å². The second-order valence-corrected chi connectivity index (χ2v) is 6.60. The normalized spacial score (nSPS) is 17.0. The number of unbranched alkanes of at least 4 members (excludes halogenated alkanes) is 6. The highest BCUT2D eigenvalue weighted by atomic mass is 127. The van der Waals surface area contributed by atoms with Crippen molar-refractivity contribution in [2.75, 3.05) is 46.4 Å². The molecule has 0 saturated carbocycles. The molecule has 1 saturated heterocycles. The zero-order valence-corrected chi connectivity index (χ0v) is 16.9. The van der Waals surface area contributed by atoms with Crippen molar-refractivity contribution in [3.8, 4) is 0 Å². The van der Waals surface area contributed by atoms with Gasteiger partial charge in [-0.2, -0.15) is 0 Å². The Labute approximate surface area is 154 Å². The van der Waals surface area contributed by atoms with Gasteiger partial charge < -0.3 is 33.2 Å². The van der Waals surface area contributed by atoms with Crippen LogP contribution in [0.3, 0.4) is 0 Å². The maximum atomic E-state index is 11.7. The van der Waals surface area contributed by atoms with Crippen molar-refractivity contribution < 1.29 is 38.0 Å². The highest BCUT2D eigenvalue weighted by molar-refractivity contribution is 5.67. The van der Waals surface area contributed by atoms with Crippen LogP contribution in [-0.4, -0.2) is 61.9 Å². The van der Waals surface area contributed by atoms with E-state index in [1.165, 1.54) is 51.5 Å². The molecule has 1 heterocycles. The first-order chi connectivity index (χ1) is 10.1. The summed E-state index contributed by atoms with van der Waals surface area (Å²) in [5, 5.41) is 0. The van der Waals surface area contributed by atoms with Crippen LogP contribution in [0, 0.1) is 0 Å². The zero-order valence-electron chi connectivity index (χ0n) is 14.8. The van der Waals surface area contributed by atoms with Crippen LogP contribution in [0.2, 0.25) is 0 Å². The van der Waals surface area contributed by atoms with Crippen LogP contribution in [-0.2, 0) is 4.74 Å².